The van der Waals surface area contributed by atoms with E-state index in [9.17, 15) is 19.2 Å². The van der Waals surface area contributed by atoms with Gasteiger partial charge in [-0.3, -0.25) is 14.9 Å². The zero-order valence-electron chi connectivity index (χ0n) is 43.7. The number of ether oxygens (including phenoxy) is 2. The van der Waals surface area contributed by atoms with Gasteiger partial charge in [-0.25, -0.2) is 24.5 Å². The Labute approximate surface area is 457 Å². The smallest absolute Gasteiger partial charge is 0.412 e. The summed E-state index contributed by atoms with van der Waals surface area (Å²) in [6, 6.07) is 31.7. The SMILES string of the molecule is CC(C)(C)OC(=O)Nc1ccc(-c2ccccc2)cc1CC(=O)c1cnc(N2CCCCC2)s1.COC(=O)c1cnc(N2CCCCC2)s1.Nc1ccc(-c2ccccc2)cc1CC(=O)c1cnc(N2CCNCC2)s1. The van der Waals surface area contributed by atoms with Gasteiger partial charge in [0.05, 0.1) is 35.5 Å². The summed E-state index contributed by atoms with van der Waals surface area (Å²) in [4.78, 5) is 71.5. The molecule has 0 unspecified atom stereocenters. The summed E-state index contributed by atoms with van der Waals surface area (Å²) in [6.45, 7) is 13.3. The lowest BCUT2D eigenvalue weighted by Crippen LogP contribution is -2.43. The standard InChI is InChI=1S/C27H31N3O3S.C21H22N4OS.C10H14N2O2S/c1-27(2,3)33-26(32)29-22-13-12-20(19-10-6-4-7-11-19)16-21(22)17-23(31)24-18-28-25(34-24)30-14-8-5-9-15-30;22-18-7-6-16(15-4-2-1-3-5-15)12-17(18)13-19(26)20-14-24-21(27-20)25-10-8-23-9-11-25;1-14-9(13)8-7-11-10(15-8)12-5-3-2-4-6-12/h4,6-7,10-13,16,18H,5,8-9,14-15,17H2,1-3H3,(H,29,32);1-7,12,14,23H,8-11,13,22H2;7H,2-6H2,1H3. The molecule has 0 bridgehead atoms. The Morgan fingerprint density at radius 3 is 1.53 bits per heavy atom. The third kappa shape index (κ3) is 15.6. The van der Waals surface area contributed by atoms with E-state index in [0.29, 0.717) is 26.0 Å². The van der Waals surface area contributed by atoms with Gasteiger partial charge in [-0.2, -0.15) is 0 Å². The number of piperidine rings is 2. The molecule has 0 saturated carbocycles. The molecule has 4 aromatic carbocycles. The number of hydrogen-bond donors (Lipinski definition) is 3. The van der Waals surface area contributed by atoms with Gasteiger partial charge >= 0.3 is 12.1 Å². The number of piperazine rings is 1. The van der Waals surface area contributed by atoms with E-state index in [1.807, 2.05) is 106 Å². The van der Waals surface area contributed by atoms with Crippen LogP contribution in [0, 0.1) is 0 Å². The van der Waals surface area contributed by atoms with Crippen molar-refractivity contribution >= 4 is 84.4 Å². The van der Waals surface area contributed by atoms with Crippen molar-refractivity contribution in [2.45, 2.75) is 77.7 Å². The number of esters is 1. The third-order valence-corrected chi connectivity index (χ3v) is 16.1. The average Bonchev–Trinajstić information content (AvgIpc) is 4.27. The second kappa shape index (κ2) is 26.7. The molecular formula is C58H67N9O6S3. The second-order valence-electron chi connectivity index (χ2n) is 19.7. The number of carbonyl (C=O) groups is 4. The molecule has 3 aliphatic rings. The molecule has 15 nitrogen and oxygen atoms in total. The molecule has 0 spiro atoms. The van der Waals surface area contributed by atoms with Crippen LogP contribution < -0.4 is 31.1 Å². The molecule has 7 aromatic rings. The summed E-state index contributed by atoms with van der Waals surface area (Å²) in [7, 11) is 1.39. The van der Waals surface area contributed by atoms with Gasteiger partial charge in [-0.1, -0.05) is 107 Å². The summed E-state index contributed by atoms with van der Waals surface area (Å²) < 4.78 is 10.1. The minimum absolute atomic E-state index is 0.0155. The third-order valence-electron chi connectivity index (χ3n) is 12.9. The predicted molar refractivity (Wildman–Crippen MR) is 309 cm³/mol. The van der Waals surface area contributed by atoms with E-state index in [4.69, 9.17) is 10.5 Å². The van der Waals surface area contributed by atoms with Crippen LogP contribution in [0.5, 0.6) is 0 Å². The second-order valence-corrected chi connectivity index (χ2v) is 22.7. The van der Waals surface area contributed by atoms with Gasteiger partial charge in [-0.15, -0.1) is 0 Å². The predicted octanol–water partition coefficient (Wildman–Crippen LogP) is 11.7. The van der Waals surface area contributed by atoms with Crippen LogP contribution in [-0.2, 0) is 22.3 Å². The highest BCUT2D eigenvalue weighted by atomic mass is 32.1. The zero-order chi connectivity index (χ0) is 53.4. The number of nitrogens with one attached hydrogen (secondary N) is 2. The molecule has 10 rings (SSSR count). The van der Waals surface area contributed by atoms with E-state index < -0.39 is 11.7 Å². The minimum atomic E-state index is -0.614. The van der Waals surface area contributed by atoms with E-state index in [1.54, 1.807) is 18.6 Å². The highest BCUT2D eigenvalue weighted by molar-refractivity contribution is 7.18. The molecule has 0 atom stereocenters. The van der Waals surface area contributed by atoms with Crippen molar-refractivity contribution in [1.29, 1.82) is 0 Å². The first-order valence-electron chi connectivity index (χ1n) is 25.9. The van der Waals surface area contributed by atoms with Crippen LogP contribution in [0.25, 0.3) is 22.3 Å². The quantitative estimate of drug-likeness (QED) is 0.0563. The molecule has 398 valence electrons. The van der Waals surface area contributed by atoms with Crippen molar-refractivity contribution in [3.05, 3.63) is 141 Å². The maximum absolute atomic E-state index is 13.2. The number of nitrogens with two attached hydrogens (primary N) is 1. The number of methoxy groups -OCH3 is 1. The van der Waals surface area contributed by atoms with Gasteiger partial charge in [0.1, 0.15) is 10.5 Å². The summed E-state index contributed by atoms with van der Waals surface area (Å²) in [5, 5.41) is 8.92. The first-order chi connectivity index (χ1) is 36.8. The fourth-order valence-corrected chi connectivity index (χ4v) is 11.6. The lowest BCUT2D eigenvalue weighted by Gasteiger charge is -2.26. The Bertz CT molecular complexity index is 3030. The van der Waals surface area contributed by atoms with Crippen molar-refractivity contribution in [3.8, 4) is 22.3 Å². The monoisotopic (exact) mass is 1080 g/mol. The summed E-state index contributed by atoms with van der Waals surface area (Å²) in [6.07, 6.45) is 12.2. The molecule has 3 aromatic heterocycles. The van der Waals surface area contributed by atoms with E-state index in [2.05, 4.69) is 57.2 Å². The van der Waals surface area contributed by atoms with E-state index in [-0.39, 0.29) is 30.4 Å². The number of Topliss-reactive ketones (excluding diaryl/α,β-unsaturated/α-hetero) is 2. The average molecular weight is 1080 g/mol. The van der Waals surface area contributed by atoms with Crippen LogP contribution in [0.1, 0.15) is 99.4 Å². The number of carbonyl (C=O) groups excluding carboxylic acids is 4. The first-order valence-corrected chi connectivity index (χ1v) is 28.3. The first kappa shape index (κ1) is 55.2. The highest BCUT2D eigenvalue weighted by Gasteiger charge is 2.23. The van der Waals surface area contributed by atoms with E-state index in [0.717, 1.165) is 114 Å². The Hall–Kier alpha value is -6.99. The van der Waals surface area contributed by atoms with Crippen molar-refractivity contribution in [2.75, 3.05) is 85.2 Å². The van der Waals surface area contributed by atoms with Gasteiger partial charge in [-0.05, 0) is 117 Å². The fraction of sp³-hybridized carbons (Fsp3) is 0.362. The van der Waals surface area contributed by atoms with E-state index >= 15 is 0 Å². The molecule has 76 heavy (non-hydrogen) atoms. The van der Waals surface area contributed by atoms with Crippen molar-refractivity contribution in [2.24, 2.45) is 0 Å². The molecule has 4 N–H and O–H groups in total. The molecule has 18 heteroatoms. The van der Waals surface area contributed by atoms with Crippen LogP contribution in [0.3, 0.4) is 0 Å². The van der Waals surface area contributed by atoms with Gasteiger partial charge in [0.15, 0.2) is 27.0 Å². The number of nitrogens with zero attached hydrogens (tertiary/aromatic N) is 6. The number of thiazole rings is 3. The molecular weight excluding hydrogens is 1010 g/mol. The number of benzene rings is 4. The Kier molecular flexibility index (Phi) is 19.4. The Balaban J connectivity index is 0.000000162. The fourth-order valence-electron chi connectivity index (χ4n) is 8.89. The zero-order valence-corrected chi connectivity index (χ0v) is 46.2. The van der Waals surface area contributed by atoms with Crippen LogP contribution in [0.15, 0.2) is 116 Å². The summed E-state index contributed by atoms with van der Waals surface area (Å²) in [5.41, 5.74) is 12.6. The van der Waals surface area contributed by atoms with Crippen molar-refractivity contribution < 1.29 is 28.7 Å². The maximum Gasteiger partial charge on any atom is 0.412 e. The number of ketones is 2. The lowest BCUT2D eigenvalue weighted by atomic mass is 9.98. The van der Waals surface area contributed by atoms with Gasteiger partial charge in [0.25, 0.3) is 0 Å². The normalized spacial score (nSPS) is 14.6. The number of nitrogen functional groups attached to an aromatic ring is 1. The number of hydrogen-bond acceptors (Lipinski definition) is 17. The van der Waals surface area contributed by atoms with Gasteiger partial charge in [0, 0.05) is 76.6 Å². The van der Waals surface area contributed by atoms with E-state index in [1.165, 1.54) is 66.8 Å². The lowest BCUT2D eigenvalue weighted by molar-refractivity contribution is 0.0602. The molecule has 0 aliphatic carbocycles. The van der Waals surface area contributed by atoms with Gasteiger partial charge in [0.2, 0.25) is 0 Å². The molecule has 3 aliphatic heterocycles. The molecule has 1 amide bonds. The van der Waals surface area contributed by atoms with Crippen LogP contribution in [-0.4, -0.2) is 104 Å². The number of rotatable bonds is 13. The highest BCUT2D eigenvalue weighted by Crippen LogP contribution is 2.32. The molecule has 6 heterocycles. The largest absolute Gasteiger partial charge is 0.465 e. The van der Waals surface area contributed by atoms with Crippen molar-refractivity contribution in [3.63, 3.8) is 0 Å². The molecule has 3 fully saturated rings. The maximum atomic E-state index is 13.2. The Morgan fingerprint density at radius 1 is 0.579 bits per heavy atom. The number of amides is 1. The molecule has 0 radical (unpaired) electrons. The number of aromatic nitrogens is 3. The topological polar surface area (TPSA) is 185 Å². The minimum Gasteiger partial charge on any atom is -0.465 e. The summed E-state index contributed by atoms with van der Waals surface area (Å²) >= 11 is 4.33. The Morgan fingerprint density at radius 2 is 1.03 bits per heavy atom. The summed E-state index contributed by atoms with van der Waals surface area (Å²) in [5.74, 6) is -0.250. The van der Waals surface area contributed by atoms with Crippen molar-refractivity contribution in [1.82, 2.24) is 20.3 Å². The number of anilines is 5. The van der Waals surface area contributed by atoms with Crippen LogP contribution in [0.4, 0.5) is 31.6 Å². The van der Waals surface area contributed by atoms with Crippen LogP contribution >= 0.6 is 34.0 Å². The van der Waals surface area contributed by atoms with Crippen LogP contribution in [0.2, 0.25) is 0 Å². The van der Waals surface area contributed by atoms with Gasteiger partial charge < -0.3 is 35.2 Å². The molecule has 3 saturated heterocycles.